The first-order valence-corrected chi connectivity index (χ1v) is 7.63. The lowest BCUT2D eigenvalue weighted by atomic mass is 10.2. The first-order valence-electron chi connectivity index (χ1n) is 6.88. The highest BCUT2D eigenvalue weighted by molar-refractivity contribution is 6.36. The highest BCUT2D eigenvalue weighted by Crippen LogP contribution is 2.33. The fourth-order valence-electron chi connectivity index (χ4n) is 2.45. The van der Waals surface area contributed by atoms with Crippen LogP contribution in [0, 0.1) is 0 Å². The quantitative estimate of drug-likeness (QED) is 0.805. The molecule has 3 rings (SSSR count). The minimum Gasteiger partial charge on any atom is -0.331 e. The van der Waals surface area contributed by atoms with Crippen LogP contribution in [-0.4, -0.2) is 27.0 Å². The zero-order chi connectivity index (χ0) is 17.5. The number of anilines is 1. The summed E-state index contributed by atoms with van der Waals surface area (Å²) < 4.78 is 40.3. The van der Waals surface area contributed by atoms with Crippen molar-refractivity contribution in [2.45, 2.75) is 19.3 Å². The number of benzene rings is 1. The van der Waals surface area contributed by atoms with Gasteiger partial charge in [-0.3, -0.25) is 0 Å². The second kappa shape index (κ2) is 6.18. The maximum Gasteiger partial charge on any atom is 0.435 e. The number of hydrogen-bond donors (Lipinski definition) is 1. The number of aromatic nitrogens is 2. The Balaban J connectivity index is 1.77. The molecule has 1 aromatic heterocycles. The molecule has 2 heterocycles. The maximum absolute atomic E-state index is 13.0. The Kier molecular flexibility index (Phi) is 4.35. The Morgan fingerprint density at radius 3 is 2.67 bits per heavy atom. The van der Waals surface area contributed by atoms with Crippen LogP contribution in [0.4, 0.5) is 23.7 Å². The summed E-state index contributed by atoms with van der Waals surface area (Å²) in [5, 5.41) is 3.23. The molecule has 1 aromatic carbocycles. The molecule has 1 N–H and O–H groups in total. The van der Waals surface area contributed by atoms with Crippen molar-refractivity contribution in [3.05, 3.63) is 46.0 Å². The SMILES string of the molecule is O=C(Nc1ccc(Cl)cc1Cl)N1CCn2cnc(C(F)(F)F)c2C1. The van der Waals surface area contributed by atoms with Gasteiger partial charge in [-0.15, -0.1) is 0 Å². The first-order chi connectivity index (χ1) is 11.3. The number of fused-ring (bicyclic) bond motifs is 1. The van der Waals surface area contributed by atoms with Crippen LogP contribution in [0.3, 0.4) is 0 Å². The van der Waals surface area contributed by atoms with Crippen LogP contribution >= 0.6 is 23.2 Å². The number of alkyl halides is 3. The number of urea groups is 1. The van der Waals surface area contributed by atoms with Crippen LogP contribution in [0.1, 0.15) is 11.4 Å². The molecule has 0 unspecified atom stereocenters. The summed E-state index contributed by atoms with van der Waals surface area (Å²) in [6, 6.07) is 4.00. The van der Waals surface area contributed by atoms with Crippen LogP contribution in [0.2, 0.25) is 10.0 Å². The van der Waals surface area contributed by atoms with E-state index >= 15 is 0 Å². The molecule has 0 saturated heterocycles. The van der Waals surface area contributed by atoms with Gasteiger partial charge in [0, 0.05) is 18.1 Å². The van der Waals surface area contributed by atoms with Gasteiger partial charge in [-0.05, 0) is 18.2 Å². The molecule has 0 fully saturated rings. The van der Waals surface area contributed by atoms with Crippen molar-refractivity contribution in [3.63, 3.8) is 0 Å². The zero-order valence-corrected chi connectivity index (χ0v) is 13.6. The average Bonchev–Trinajstić information content (AvgIpc) is 2.93. The van der Waals surface area contributed by atoms with Crippen molar-refractivity contribution >= 4 is 34.9 Å². The van der Waals surface area contributed by atoms with Gasteiger partial charge < -0.3 is 14.8 Å². The first kappa shape index (κ1) is 16.9. The van der Waals surface area contributed by atoms with E-state index in [1.807, 2.05) is 0 Å². The van der Waals surface area contributed by atoms with E-state index in [-0.39, 0.29) is 30.4 Å². The summed E-state index contributed by atoms with van der Waals surface area (Å²) in [5.74, 6) is 0. The number of imidazole rings is 1. The van der Waals surface area contributed by atoms with Crippen molar-refractivity contribution in [3.8, 4) is 0 Å². The fourth-order valence-corrected chi connectivity index (χ4v) is 2.91. The Hall–Kier alpha value is -1.93. The Morgan fingerprint density at radius 1 is 1.25 bits per heavy atom. The van der Waals surface area contributed by atoms with E-state index in [0.29, 0.717) is 10.7 Å². The monoisotopic (exact) mass is 378 g/mol. The number of carbonyl (C=O) groups excluding carboxylic acids is 1. The zero-order valence-electron chi connectivity index (χ0n) is 12.1. The highest BCUT2D eigenvalue weighted by atomic mass is 35.5. The minimum atomic E-state index is -4.56. The number of halogens is 5. The van der Waals surface area contributed by atoms with Crippen molar-refractivity contribution in [2.24, 2.45) is 0 Å². The average molecular weight is 379 g/mol. The number of carbonyl (C=O) groups is 1. The Morgan fingerprint density at radius 2 is 2.00 bits per heavy atom. The van der Waals surface area contributed by atoms with Crippen LogP contribution < -0.4 is 5.32 Å². The molecular formula is C14H11Cl2F3N4O. The Bertz CT molecular complexity index is 791. The van der Waals surface area contributed by atoms with Crippen LogP contribution in [-0.2, 0) is 19.3 Å². The smallest absolute Gasteiger partial charge is 0.331 e. The Labute approximate surface area is 145 Å². The predicted octanol–water partition coefficient (Wildman–Crippen LogP) is 4.26. The van der Waals surface area contributed by atoms with Gasteiger partial charge in [0.15, 0.2) is 5.69 Å². The standard InChI is InChI=1S/C14H11Cl2F3N4O/c15-8-1-2-10(9(16)5-8)21-13(24)22-3-4-23-7-20-12(11(23)6-22)14(17,18)19/h1-2,5,7H,3-4,6H2,(H,21,24). The molecule has 2 aromatic rings. The summed E-state index contributed by atoms with van der Waals surface area (Å²) in [7, 11) is 0. The van der Waals surface area contributed by atoms with E-state index < -0.39 is 17.9 Å². The van der Waals surface area contributed by atoms with Crippen molar-refractivity contribution in [1.29, 1.82) is 0 Å². The molecule has 5 nitrogen and oxygen atoms in total. The molecule has 1 aliphatic heterocycles. The van der Waals surface area contributed by atoms with Crippen molar-refractivity contribution in [2.75, 3.05) is 11.9 Å². The number of amides is 2. The summed E-state index contributed by atoms with van der Waals surface area (Å²) in [6.07, 6.45) is -3.41. The topological polar surface area (TPSA) is 50.2 Å². The summed E-state index contributed by atoms with van der Waals surface area (Å²) >= 11 is 11.8. The molecule has 2 amide bonds. The summed E-state index contributed by atoms with van der Waals surface area (Å²) in [5.41, 5.74) is -0.670. The summed E-state index contributed by atoms with van der Waals surface area (Å²) in [6.45, 7) is 0.309. The molecule has 0 aliphatic carbocycles. The van der Waals surface area contributed by atoms with Gasteiger partial charge in [-0.25, -0.2) is 9.78 Å². The molecule has 0 saturated carbocycles. The third kappa shape index (κ3) is 3.29. The molecule has 0 atom stereocenters. The number of nitrogens with zero attached hydrogens (tertiary/aromatic N) is 3. The van der Waals surface area contributed by atoms with Gasteiger partial charge in [-0.2, -0.15) is 13.2 Å². The van der Waals surface area contributed by atoms with Gasteiger partial charge in [0.25, 0.3) is 0 Å². The van der Waals surface area contributed by atoms with Gasteiger partial charge in [-0.1, -0.05) is 23.2 Å². The van der Waals surface area contributed by atoms with E-state index in [4.69, 9.17) is 23.2 Å². The highest BCUT2D eigenvalue weighted by Gasteiger charge is 2.39. The van der Waals surface area contributed by atoms with Crippen LogP contribution in [0.25, 0.3) is 0 Å². The van der Waals surface area contributed by atoms with Crippen molar-refractivity contribution in [1.82, 2.24) is 14.5 Å². The van der Waals surface area contributed by atoms with Gasteiger partial charge in [0.1, 0.15) is 0 Å². The van der Waals surface area contributed by atoms with Crippen LogP contribution in [0.5, 0.6) is 0 Å². The molecule has 128 valence electrons. The molecule has 0 spiro atoms. The van der Waals surface area contributed by atoms with E-state index in [0.717, 1.165) is 6.33 Å². The lowest BCUT2D eigenvalue weighted by Gasteiger charge is -2.29. The molecule has 24 heavy (non-hydrogen) atoms. The third-order valence-electron chi connectivity index (χ3n) is 3.63. The molecule has 0 bridgehead atoms. The van der Waals surface area contributed by atoms with E-state index in [1.165, 1.54) is 21.6 Å². The lowest BCUT2D eigenvalue weighted by Crippen LogP contribution is -2.41. The molecular weight excluding hydrogens is 368 g/mol. The molecule has 1 aliphatic rings. The maximum atomic E-state index is 13.0. The van der Waals surface area contributed by atoms with E-state index in [1.54, 1.807) is 6.07 Å². The third-order valence-corrected chi connectivity index (χ3v) is 4.17. The number of rotatable bonds is 1. The predicted molar refractivity (Wildman–Crippen MR) is 83.1 cm³/mol. The number of hydrogen-bond acceptors (Lipinski definition) is 2. The lowest BCUT2D eigenvalue weighted by molar-refractivity contribution is -0.142. The number of nitrogens with one attached hydrogen (secondary N) is 1. The minimum absolute atomic E-state index is 0.0360. The van der Waals surface area contributed by atoms with Gasteiger partial charge >= 0.3 is 12.2 Å². The van der Waals surface area contributed by atoms with Crippen LogP contribution in [0.15, 0.2) is 24.5 Å². The second-order valence-corrected chi connectivity index (χ2v) is 6.05. The van der Waals surface area contributed by atoms with Gasteiger partial charge in [0.2, 0.25) is 0 Å². The second-order valence-electron chi connectivity index (χ2n) is 5.21. The van der Waals surface area contributed by atoms with E-state index in [2.05, 4.69) is 10.3 Å². The van der Waals surface area contributed by atoms with Gasteiger partial charge in [0.05, 0.1) is 29.3 Å². The van der Waals surface area contributed by atoms with Crippen molar-refractivity contribution < 1.29 is 18.0 Å². The normalized spacial score (nSPS) is 14.5. The molecule has 10 heteroatoms. The molecule has 0 radical (unpaired) electrons. The largest absolute Gasteiger partial charge is 0.435 e. The fraction of sp³-hybridized carbons (Fsp3) is 0.286. The summed E-state index contributed by atoms with van der Waals surface area (Å²) in [4.78, 5) is 17.0. The van der Waals surface area contributed by atoms with E-state index in [9.17, 15) is 18.0 Å².